The number of nitrogens with one attached hydrogen (secondary N) is 2. The third kappa shape index (κ3) is 6.67. The molecule has 2 heterocycles. The molecule has 196 valence electrons. The van der Waals surface area contributed by atoms with Crippen LogP contribution in [0.25, 0.3) is 6.08 Å². The highest BCUT2D eigenvalue weighted by molar-refractivity contribution is 6.06. The van der Waals surface area contributed by atoms with Crippen LogP contribution in [0, 0.1) is 6.92 Å². The topological polar surface area (TPSA) is 112 Å². The molecule has 0 saturated carbocycles. The molecular weight excluding hydrogens is 484 g/mol. The van der Waals surface area contributed by atoms with Crippen molar-refractivity contribution in [2.24, 2.45) is 14.1 Å². The molecule has 4 rings (SSSR count). The van der Waals surface area contributed by atoms with Gasteiger partial charge in [0.25, 0.3) is 5.91 Å². The molecule has 0 bridgehead atoms. The average Bonchev–Trinajstić information content (AvgIpc) is 3.50. The van der Waals surface area contributed by atoms with Gasteiger partial charge in [0.1, 0.15) is 23.8 Å². The van der Waals surface area contributed by atoms with Crippen LogP contribution in [0.1, 0.15) is 32.7 Å². The molecule has 0 spiro atoms. The number of aromatic nitrogens is 4. The Balaban J connectivity index is 1.40. The molecule has 0 saturated heterocycles. The van der Waals surface area contributed by atoms with Gasteiger partial charge < -0.3 is 20.1 Å². The van der Waals surface area contributed by atoms with Gasteiger partial charge in [-0.3, -0.25) is 19.0 Å². The monoisotopic (exact) mass is 514 g/mol. The first kappa shape index (κ1) is 26.2. The average molecular weight is 515 g/mol. The van der Waals surface area contributed by atoms with Gasteiger partial charge in [0.2, 0.25) is 5.91 Å². The molecule has 0 unspecified atom stereocenters. The largest absolute Gasteiger partial charge is 0.496 e. The van der Waals surface area contributed by atoms with Gasteiger partial charge in [-0.05, 0) is 42.8 Å². The summed E-state index contributed by atoms with van der Waals surface area (Å²) in [5.74, 6) is 0.694. The maximum atomic E-state index is 12.8. The fourth-order valence-corrected chi connectivity index (χ4v) is 3.78. The summed E-state index contributed by atoms with van der Waals surface area (Å²) >= 11 is 0. The number of aryl methyl sites for hydroxylation is 3. The van der Waals surface area contributed by atoms with Crippen LogP contribution in [0.15, 0.2) is 67.1 Å². The van der Waals surface area contributed by atoms with Crippen LogP contribution >= 0.6 is 0 Å². The van der Waals surface area contributed by atoms with Gasteiger partial charge in [0, 0.05) is 44.0 Å². The first-order chi connectivity index (χ1) is 18.3. The lowest BCUT2D eigenvalue weighted by molar-refractivity contribution is -0.111. The van der Waals surface area contributed by atoms with Crippen LogP contribution in [0.4, 0.5) is 5.69 Å². The molecule has 4 aromatic rings. The van der Waals surface area contributed by atoms with Crippen molar-refractivity contribution in [3.05, 3.63) is 95.1 Å². The Kier molecular flexibility index (Phi) is 8.22. The van der Waals surface area contributed by atoms with Crippen molar-refractivity contribution in [1.82, 2.24) is 24.9 Å². The lowest BCUT2D eigenvalue weighted by Gasteiger charge is -2.11. The van der Waals surface area contributed by atoms with Crippen molar-refractivity contribution in [3.63, 3.8) is 0 Å². The van der Waals surface area contributed by atoms with Gasteiger partial charge in [-0.2, -0.15) is 10.2 Å². The van der Waals surface area contributed by atoms with Crippen molar-refractivity contribution >= 4 is 23.6 Å². The predicted octanol–water partition coefficient (Wildman–Crippen LogP) is 3.63. The molecule has 2 aromatic carbocycles. The number of anilines is 1. The molecule has 38 heavy (non-hydrogen) atoms. The first-order valence-electron chi connectivity index (χ1n) is 12.0. The number of carbonyl (C=O) groups excluding carboxylic acids is 2. The summed E-state index contributed by atoms with van der Waals surface area (Å²) in [6.07, 6.45) is 8.02. The van der Waals surface area contributed by atoms with E-state index >= 15 is 0 Å². The third-order valence-electron chi connectivity index (χ3n) is 5.77. The maximum Gasteiger partial charge on any atom is 0.271 e. The summed E-state index contributed by atoms with van der Waals surface area (Å²) < 4.78 is 14.4. The molecule has 0 fully saturated rings. The number of hydrogen-bond acceptors (Lipinski definition) is 6. The van der Waals surface area contributed by atoms with Crippen molar-refractivity contribution < 1.29 is 19.1 Å². The molecule has 0 aliphatic heterocycles. The lowest BCUT2D eigenvalue weighted by atomic mass is 10.1. The summed E-state index contributed by atoms with van der Waals surface area (Å²) in [5.41, 5.74) is 4.21. The molecule has 0 atom stereocenters. The van der Waals surface area contributed by atoms with Crippen molar-refractivity contribution in [2.45, 2.75) is 20.1 Å². The number of ether oxygens (including phenoxy) is 2. The number of hydrogen-bond donors (Lipinski definition) is 2. The number of amides is 2. The standard InChI is InChI=1S/C28H30N6O4/c1-19-5-9-23(10-6-19)38-18-22-13-20(7-11-25(22)37-4)8-12-26(35)32-24-16-31-34(3)27(24)28(36)29-14-21-15-30-33(2)17-21/h5-13,15-17H,14,18H2,1-4H3,(H,29,36)(H,32,35)/b12-8+. The smallest absolute Gasteiger partial charge is 0.271 e. The van der Waals surface area contributed by atoms with Crippen LogP contribution in [0.2, 0.25) is 0 Å². The van der Waals surface area contributed by atoms with Crippen LogP contribution in [-0.4, -0.2) is 38.5 Å². The third-order valence-corrected chi connectivity index (χ3v) is 5.77. The van der Waals surface area contributed by atoms with E-state index in [9.17, 15) is 9.59 Å². The van der Waals surface area contributed by atoms with Gasteiger partial charge >= 0.3 is 0 Å². The number of carbonyl (C=O) groups is 2. The SMILES string of the molecule is COc1ccc(/C=C/C(=O)Nc2cnn(C)c2C(=O)NCc2cnn(C)c2)cc1COc1ccc(C)cc1. The molecule has 0 aliphatic carbocycles. The molecule has 2 N–H and O–H groups in total. The minimum Gasteiger partial charge on any atom is -0.496 e. The van der Waals surface area contributed by atoms with Crippen LogP contribution in [0.3, 0.4) is 0 Å². The van der Waals surface area contributed by atoms with Crippen molar-refractivity contribution in [1.29, 1.82) is 0 Å². The van der Waals surface area contributed by atoms with Gasteiger partial charge in [0.15, 0.2) is 0 Å². The van der Waals surface area contributed by atoms with E-state index < -0.39 is 5.91 Å². The summed E-state index contributed by atoms with van der Waals surface area (Å²) in [6.45, 7) is 2.64. The Labute approximate surface area is 220 Å². The van der Waals surface area contributed by atoms with E-state index in [4.69, 9.17) is 9.47 Å². The van der Waals surface area contributed by atoms with Gasteiger partial charge in [0.05, 0.1) is 25.2 Å². The number of methoxy groups -OCH3 is 1. The molecule has 0 aliphatic rings. The molecule has 10 heteroatoms. The predicted molar refractivity (Wildman–Crippen MR) is 144 cm³/mol. The lowest BCUT2D eigenvalue weighted by Crippen LogP contribution is -2.26. The zero-order valence-electron chi connectivity index (χ0n) is 21.8. The van der Waals surface area contributed by atoms with Gasteiger partial charge in [-0.25, -0.2) is 0 Å². The Morgan fingerprint density at radius 2 is 1.84 bits per heavy atom. The van der Waals surface area contributed by atoms with E-state index in [-0.39, 0.29) is 11.6 Å². The quantitative estimate of drug-likeness (QED) is 0.313. The highest BCUT2D eigenvalue weighted by atomic mass is 16.5. The zero-order valence-corrected chi connectivity index (χ0v) is 21.8. The fraction of sp³-hybridized carbons (Fsp3) is 0.214. The van der Waals surface area contributed by atoms with E-state index in [1.54, 1.807) is 38.2 Å². The molecule has 0 radical (unpaired) electrons. The highest BCUT2D eigenvalue weighted by Crippen LogP contribution is 2.23. The van der Waals surface area contributed by atoms with Gasteiger partial charge in [-0.1, -0.05) is 23.8 Å². The Morgan fingerprint density at radius 3 is 2.55 bits per heavy atom. The minimum atomic E-state index is -0.396. The fourth-order valence-electron chi connectivity index (χ4n) is 3.78. The zero-order chi connectivity index (χ0) is 27.1. The van der Waals surface area contributed by atoms with E-state index in [1.165, 1.54) is 17.0 Å². The normalized spacial score (nSPS) is 10.9. The van der Waals surface area contributed by atoms with E-state index in [0.717, 1.165) is 28.0 Å². The van der Waals surface area contributed by atoms with Crippen LogP contribution in [0.5, 0.6) is 11.5 Å². The van der Waals surface area contributed by atoms with E-state index in [1.807, 2.05) is 55.6 Å². The molecule has 2 amide bonds. The number of rotatable bonds is 10. The maximum absolute atomic E-state index is 12.8. The summed E-state index contributed by atoms with van der Waals surface area (Å²) in [4.78, 5) is 25.4. The number of nitrogens with zero attached hydrogens (tertiary/aromatic N) is 4. The second-order valence-corrected chi connectivity index (χ2v) is 8.73. The molecule has 10 nitrogen and oxygen atoms in total. The van der Waals surface area contributed by atoms with E-state index in [2.05, 4.69) is 20.8 Å². The van der Waals surface area contributed by atoms with Crippen LogP contribution < -0.4 is 20.1 Å². The number of benzene rings is 2. The summed E-state index contributed by atoms with van der Waals surface area (Å²) in [6, 6.07) is 13.4. The highest BCUT2D eigenvalue weighted by Gasteiger charge is 2.18. The van der Waals surface area contributed by atoms with Crippen molar-refractivity contribution in [3.8, 4) is 11.5 Å². The second kappa shape index (κ2) is 11.9. The Hall–Kier alpha value is -4.86. The van der Waals surface area contributed by atoms with Gasteiger partial charge in [-0.15, -0.1) is 0 Å². The molecule has 2 aromatic heterocycles. The Morgan fingerprint density at radius 1 is 1.05 bits per heavy atom. The van der Waals surface area contributed by atoms with Crippen LogP contribution in [-0.2, 0) is 32.0 Å². The van der Waals surface area contributed by atoms with E-state index in [0.29, 0.717) is 24.6 Å². The first-order valence-corrected chi connectivity index (χ1v) is 12.0. The Bertz CT molecular complexity index is 1450. The minimum absolute atomic E-state index is 0.246. The summed E-state index contributed by atoms with van der Waals surface area (Å²) in [7, 11) is 5.05. The summed E-state index contributed by atoms with van der Waals surface area (Å²) in [5, 5.41) is 13.8. The second-order valence-electron chi connectivity index (χ2n) is 8.73. The molecular formula is C28H30N6O4. The van der Waals surface area contributed by atoms with Crippen molar-refractivity contribution in [2.75, 3.05) is 12.4 Å².